The van der Waals surface area contributed by atoms with Gasteiger partial charge in [0.25, 0.3) is 5.91 Å². The van der Waals surface area contributed by atoms with Crippen LogP contribution >= 0.6 is 15.9 Å². The van der Waals surface area contributed by atoms with Gasteiger partial charge in [-0.15, -0.1) is 0 Å². The molecule has 3 rings (SSSR count). The topological polar surface area (TPSA) is 75.4 Å². The zero-order valence-electron chi connectivity index (χ0n) is 12.2. The van der Waals surface area contributed by atoms with E-state index in [4.69, 9.17) is 4.42 Å². The summed E-state index contributed by atoms with van der Waals surface area (Å²) in [7, 11) is 0. The zero-order valence-corrected chi connectivity index (χ0v) is 13.8. The van der Waals surface area contributed by atoms with Crippen molar-refractivity contribution in [1.29, 1.82) is 0 Å². The minimum atomic E-state index is -0.388. The number of halogens is 1. The fourth-order valence-electron chi connectivity index (χ4n) is 2.77. The van der Waals surface area contributed by atoms with Crippen molar-refractivity contribution in [2.75, 3.05) is 5.32 Å². The van der Waals surface area contributed by atoms with Gasteiger partial charge in [-0.25, -0.2) is 4.98 Å². The van der Waals surface area contributed by atoms with E-state index in [9.17, 15) is 9.90 Å². The Bertz CT molecular complexity index is 705. The maximum atomic E-state index is 12.3. The lowest BCUT2D eigenvalue weighted by atomic mass is 10.1. The maximum absolute atomic E-state index is 12.3. The van der Waals surface area contributed by atoms with Crippen LogP contribution in [0.2, 0.25) is 0 Å². The van der Waals surface area contributed by atoms with E-state index in [-0.39, 0.29) is 17.4 Å². The SMILES string of the molecule is Cc1cc(Br)c(O)c(NC(=O)c2coc(C3CCCC3)n2)c1. The molecule has 1 aliphatic carbocycles. The molecule has 1 aliphatic rings. The first-order valence-corrected chi connectivity index (χ1v) is 8.10. The number of benzene rings is 1. The number of oxazole rings is 1. The van der Waals surface area contributed by atoms with Gasteiger partial charge in [0.1, 0.15) is 6.26 Å². The molecule has 0 unspecified atom stereocenters. The number of nitrogens with zero attached hydrogens (tertiary/aromatic N) is 1. The van der Waals surface area contributed by atoms with Crippen molar-refractivity contribution in [1.82, 2.24) is 4.98 Å². The number of nitrogens with one attached hydrogen (secondary N) is 1. The summed E-state index contributed by atoms with van der Waals surface area (Å²) in [5.41, 5.74) is 1.51. The highest BCUT2D eigenvalue weighted by molar-refractivity contribution is 9.10. The summed E-state index contributed by atoms with van der Waals surface area (Å²) < 4.78 is 5.98. The van der Waals surface area contributed by atoms with Crippen LogP contribution in [-0.4, -0.2) is 16.0 Å². The molecule has 1 aromatic heterocycles. The van der Waals surface area contributed by atoms with Crippen molar-refractivity contribution in [2.24, 2.45) is 0 Å². The molecular formula is C16H17BrN2O3. The van der Waals surface area contributed by atoms with E-state index >= 15 is 0 Å². The Morgan fingerprint density at radius 2 is 2.14 bits per heavy atom. The summed E-state index contributed by atoms with van der Waals surface area (Å²) in [5.74, 6) is 0.569. The molecule has 1 heterocycles. The zero-order chi connectivity index (χ0) is 15.7. The Morgan fingerprint density at radius 3 is 2.86 bits per heavy atom. The van der Waals surface area contributed by atoms with E-state index in [1.54, 1.807) is 12.1 Å². The number of aromatic hydroxyl groups is 1. The summed E-state index contributed by atoms with van der Waals surface area (Å²) in [5, 5.41) is 12.7. The molecule has 2 aromatic rings. The number of phenols is 1. The van der Waals surface area contributed by atoms with Gasteiger partial charge < -0.3 is 14.8 Å². The van der Waals surface area contributed by atoms with Crippen molar-refractivity contribution in [3.8, 4) is 5.75 Å². The molecule has 0 saturated heterocycles. The highest BCUT2D eigenvalue weighted by atomic mass is 79.9. The van der Waals surface area contributed by atoms with Gasteiger partial charge >= 0.3 is 0 Å². The molecule has 2 N–H and O–H groups in total. The third-order valence-electron chi connectivity index (χ3n) is 3.91. The van der Waals surface area contributed by atoms with Gasteiger partial charge in [0.15, 0.2) is 17.3 Å². The molecule has 0 spiro atoms. The number of amides is 1. The molecule has 1 aromatic carbocycles. The van der Waals surface area contributed by atoms with Gasteiger partial charge in [-0.05, 0) is 53.4 Å². The number of hydrogen-bond acceptors (Lipinski definition) is 4. The summed E-state index contributed by atoms with van der Waals surface area (Å²) in [6.45, 7) is 1.88. The monoisotopic (exact) mass is 364 g/mol. The lowest BCUT2D eigenvalue weighted by Gasteiger charge is -2.08. The fourth-order valence-corrected chi connectivity index (χ4v) is 3.34. The number of aromatic nitrogens is 1. The summed E-state index contributed by atoms with van der Waals surface area (Å²) in [6.07, 6.45) is 5.87. The summed E-state index contributed by atoms with van der Waals surface area (Å²) in [6, 6.07) is 3.48. The predicted octanol–water partition coefficient (Wildman–Crippen LogP) is 4.36. The van der Waals surface area contributed by atoms with Crippen molar-refractivity contribution in [2.45, 2.75) is 38.5 Å². The molecular weight excluding hydrogens is 348 g/mol. The predicted molar refractivity (Wildman–Crippen MR) is 86.2 cm³/mol. The average Bonchev–Trinajstić information content (AvgIpc) is 3.14. The molecule has 1 fully saturated rings. The van der Waals surface area contributed by atoms with E-state index in [0.717, 1.165) is 18.4 Å². The van der Waals surface area contributed by atoms with Crippen LogP contribution in [0.25, 0.3) is 0 Å². The van der Waals surface area contributed by atoms with E-state index in [2.05, 4.69) is 26.2 Å². The molecule has 6 heteroatoms. The number of aryl methyl sites for hydroxylation is 1. The smallest absolute Gasteiger partial charge is 0.277 e. The van der Waals surface area contributed by atoms with E-state index in [1.807, 2.05) is 6.92 Å². The number of hydrogen-bond donors (Lipinski definition) is 2. The molecule has 1 saturated carbocycles. The van der Waals surface area contributed by atoms with E-state index in [0.29, 0.717) is 22.0 Å². The third-order valence-corrected chi connectivity index (χ3v) is 4.52. The Hall–Kier alpha value is -1.82. The first-order chi connectivity index (χ1) is 10.5. The lowest BCUT2D eigenvalue weighted by molar-refractivity contribution is 0.102. The number of anilines is 1. The molecule has 1 amide bonds. The van der Waals surface area contributed by atoms with Gasteiger partial charge in [-0.3, -0.25) is 4.79 Å². The molecule has 0 radical (unpaired) electrons. The van der Waals surface area contributed by atoms with Gasteiger partial charge in [0.2, 0.25) is 0 Å². The van der Waals surface area contributed by atoms with Crippen LogP contribution in [0.1, 0.15) is 53.5 Å². The highest BCUT2D eigenvalue weighted by Crippen LogP contribution is 2.35. The molecule has 0 atom stereocenters. The standard InChI is InChI=1S/C16H17BrN2O3/c1-9-6-11(17)14(20)12(7-9)18-15(21)13-8-22-16(19-13)10-4-2-3-5-10/h6-8,10,20H,2-5H2,1H3,(H,18,21). The highest BCUT2D eigenvalue weighted by Gasteiger charge is 2.23. The quantitative estimate of drug-likeness (QED) is 0.793. The Labute approximate surface area is 136 Å². The maximum Gasteiger partial charge on any atom is 0.277 e. The molecule has 5 nitrogen and oxygen atoms in total. The van der Waals surface area contributed by atoms with Crippen LogP contribution in [0.15, 0.2) is 27.3 Å². The Kier molecular flexibility index (Phi) is 4.20. The second kappa shape index (κ2) is 6.12. The number of carbonyl (C=O) groups excluding carboxylic acids is 1. The number of carbonyl (C=O) groups is 1. The Morgan fingerprint density at radius 1 is 1.41 bits per heavy atom. The first kappa shape index (κ1) is 15.1. The summed E-state index contributed by atoms with van der Waals surface area (Å²) >= 11 is 3.26. The van der Waals surface area contributed by atoms with Crippen molar-refractivity contribution < 1.29 is 14.3 Å². The molecule has 0 aliphatic heterocycles. The first-order valence-electron chi connectivity index (χ1n) is 7.30. The van der Waals surface area contributed by atoms with Crippen molar-refractivity contribution in [3.05, 3.63) is 40.0 Å². The second-order valence-corrected chi connectivity index (χ2v) is 6.50. The van der Waals surface area contributed by atoms with Crippen LogP contribution in [0.3, 0.4) is 0 Å². The van der Waals surface area contributed by atoms with Gasteiger partial charge in [0.05, 0.1) is 10.2 Å². The molecule has 116 valence electrons. The molecule has 0 bridgehead atoms. The minimum Gasteiger partial charge on any atom is -0.505 e. The third kappa shape index (κ3) is 3.02. The van der Waals surface area contributed by atoms with Crippen LogP contribution < -0.4 is 5.32 Å². The van der Waals surface area contributed by atoms with Crippen molar-refractivity contribution >= 4 is 27.5 Å². The van der Waals surface area contributed by atoms with Gasteiger partial charge in [-0.2, -0.15) is 0 Å². The van der Waals surface area contributed by atoms with Crippen LogP contribution in [0.5, 0.6) is 5.75 Å². The minimum absolute atomic E-state index is 0.00142. The van der Waals surface area contributed by atoms with Gasteiger partial charge in [-0.1, -0.05) is 12.8 Å². The van der Waals surface area contributed by atoms with Crippen LogP contribution in [0, 0.1) is 6.92 Å². The van der Waals surface area contributed by atoms with Gasteiger partial charge in [0, 0.05) is 5.92 Å². The van der Waals surface area contributed by atoms with E-state index < -0.39 is 0 Å². The number of phenolic OH excluding ortho intramolecular Hbond substituents is 1. The second-order valence-electron chi connectivity index (χ2n) is 5.65. The van der Waals surface area contributed by atoms with E-state index in [1.165, 1.54) is 19.1 Å². The van der Waals surface area contributed by atoms with Crippen molar-refractivity contribution in [3.63, 3.8) is 0 Å². The fraction of sp³-hybridized carbons (Fsp3) is 0.375. The average molecular weight is 365 g/mol. The normalized spacial score (nSPS) is 15.2. The van der Waals surface area contributed by atoms with Crippen LogP contribution in [0.4, 0.5) is 5.69 Å². The number of rotatable bonds is 3. The molecule has 22 heavy (non-hydrogen) atoms. The largest absolute Gasteiger partial charge is 0.505 e. The Balaban J connectivity index is 1.77. The van der Waals surface area contributed by atoms with Crippen LogP contribution in [-0.2, 0) is 0 Å². The summed E-state index contributed by atoms with van der Waals surface area (Å²) in [4.78, 5) is 16.5. The lowest BCUT2D eigenvalue weighted by Crippen LogP contribution is -2.13.